The molecule has 0 atom stereocenters. The van der Waals surface area contributed by atoms with Gasteiger partial charge in [0.05, 0.1) is 12.7 Å². The minimum absolute atomic E-state index is 0.0140. The van der Waals surface area contributed by atoms with Gasteiger partial charge in [-0.1, -0.05) is 30.3 Å². The maximum absolute atomic E-state index is 12.7. The summed E-state index contributed by atoms with van der Waals surface area (Å²) in [7, 11) is 1.63. The van der Waals surface area contributed by atoms with E-state index in [0.717, 1.165) is 24.2 Å². The Balaban J connectivity index is 2.03. The van der Waals surface area contributed by atoms with Crippen LogP contribution in [0.1, 0.15) is 28.8 Å². The van der Waals surface area contributed by atoms with Crippen molar-refractivity contribution in [1.82, 2.24) is 0 Å². The Morgan fingerprint density at radius 2 is 1.62 bits per heavy atom. The molecule has 2 heteroatoms. The molecule has 1 fully saturated rings. The number of carbonyl (C=O) groups excluding carboxylic acids is 1. The molecular formula is C19H16O2. The number of methoxy groups -OCH3 is 1. The fourth-order valence-electron chi connectivity index (χ4n) is 2.12. The topological polar surface area (TPSA) is 26.3 Å². The van der Waals surface area contributed by atoms with Crippen molar-refractivity contribution >= 4 is 11.4 Å². The van der Waals surface area contributed by atoms with Gasteiger partial charge in [0.15, 0.2) is 0 Å². The lowest BCUT2D eigenvalue weighted by molar-refractivity contribution is 0.105. The van der Waals surface area contributed by atoms with Gasteiger partial charge >= 0.3 is 0 Å². The minimum Gasteiger partial charge on any atom is -0.497 e. The van der Waals surface area contributed by atoms with Gasteiger partial charge in [-0.25, -0.2) is 0 Å². The Morgan fingerprint density at radius 1 is 0.952 bits per heavy atom. The summed E-state index contributed by atoms with van der Waals surface area (Å²) in [5, 5.41) is 0. The number of hydrogen-bond acceptors (Lipinski definition) is 2. The lowest BCUT2D eigenvalue weighted by atomic mass is 9.97. The van der Waals surface area contributed by atoms with Gasteiger partial charge in [-0.05, 0) is 48.2 Å². The van der Waals surface area contributed by atoms with Crippen molar-refractivity contribution < 1.29 is 9.53 Å². The highest BCUT2D eigenvalue weighted by molar-refractivity contribution is 6.28. The maximum atomic E-state index is 12.7. The molecule has 0 spiro atoms. The van der Waals surface area contributed by atoms with Crippen molar-refractivity contribution in [1.29, 1.82) is 0 Å². The quantitative estimate of drug-likeness (QED) is 0.473. The third-order valence-corrected chi connectivity index (χ3v) is 3.44. The number of ketones is 1. The Hall–Kier alpha value is -2.57. The van der Waals surface area contributed by atoms with E-state index in [2.05, 4.69) is 5.73 Å². The molecule has 2 nitrogen and oxygen atoms in total. The maximum Gasteiger partial charge on any atom is 0.201 e. The number of carbonyl (C=O) groups is 1. The number of ether oxygens (including phenoxy) is 1. The first-order valence-electron chi connectivity index (χ1n) is 7.01. The molecule has 0 unspecified atom stereocenters. The number of rotatable bonds is 4. The first-order valence-corrected chi connectivity index (χ1v) is 7.01. The Bertz CT molecular complexity index is 712. The predicted molar refractivity (Wildman–Crippen MR) is 83.4 cm³/mol. The molecule has 1 saturated carbocycles. The first kappa shape index (κ1) is 13.4. The Kier molecular flexibility index (Phi) is 3.72. The standard InChI is InChI=1S/C19H16O2/c1-21-17-11-9-15(10-12-17)18(13-14-7-8-14)19(20)16-5-3-2-4-6-16/h2-6,9-12H,7-8H2,1H3. The van der Waals surface area contributed by atoms with Gasteiger partial charge in [0.1, 0.15) is 5.75 Å². The van der Waals surface area contributed by atoms with E-state index in [1.807, 2.05) is 54.6 Å². The van der Waals surface area contributed by atoms with Crippen LogP contribution in [0.4, 0.5) is 0 Å². The molecule has 21 heavy (non-hydrogen) atoms. The van der Waals surface area contributed by atoms with E-state index in [0.29, 0.717) is 11.1 Å². The fourth-order valence-corrected chi connectivity index (χ4v) is 2.12. The highest BCUT2D eigenvalue weighted by atomic mass is 16.5. The fraction of sp³-hybridized carbons (Fsp3) is 0.158. The minimum atomic E-state index is 0.0140. The summed E-state index contributed by atoms with van der Waals surface area (Å²) < 4.78 is 5.17. The van der Waals surface area contributed by atoms with Gasteiger partial charge in [-0.15, -0.1) is 5.73 Å². The molecule has 1 aliphatic carbocycles. The molecule has 2 aromatic rings. The zero-order valence-corrected chi connectivity index (χ0v) is 11.9. The van der Waals surface area contributed by atoms with Crippen LogP contribution in [0.3, 0.4) is 0 Å². The van der Waals surface area contributed by atoms with Crippen LogP contribution in [0.25, 0.3) is 5.57 Å². The van der Waals surface area contributed by atoms with Crippen molar-refractivity contribution in [3.8, 4) is 5.75 Å². The highest BCUT2D eigenvalue weighted by Gasteiger charge is 2.17. The summed E-state index contributed by atoms with van der Waals surface area (Å²) in [4.78, 5) is 12.7. The summed E-state index contributed by atoms with van der Waals surface area (Å²) in [6.45, 7) is 0. The van der Waals surface area contributed by atoms with Gasteiger partial charge in [-0.2, -0.15) is 0 Å². The van der Waals surface area contributed by atoms with Crippen molar-refractivity contribution in [3.05, 3.63) is 77.0 Å². The molecule has 0 aromatic heterocycles. The molecular weight excluding hydrogens is 260 g/mol. The number of allylic oxidation sites excluding steroid dienone is 1. The average Bonchev–Trinajstić information content (AvgIpc) is 3.37. The van der Waals surface area contributed by atoms with Crippen LogP contribution in [0.2, 0.25) is 0 Å². The third-order valence-electron chi connectivity index (χ3n) is 3.44. The van der Waals surface area contributed by atoms with Crippen molar-refractivity contribution in [3.63, 3.8) is 0 Å². The van der Waals surface area contributed by atoms with E-state index >= 15 is 0 Å². The molecule has 0 radical (unpaired) electrons. The number of hydrogen-bond donors (Lipinski definition) is 0. The molecule has 1 aliphatic rings. The number of benzene rings is 2. The Labute approximate surface area is 124 Å². The van der Waals surface area contributed by atoms with Gasteiger partial charge in [-0.3, -0.25) is 4.79 Å². The average molecular weight is 276 g/mol. The second-order valence-corrected chi connectivity index (χ2v) is 5.03. The smallest absolute Gasteiger partial charge is 0.201 e. The van der Waals surface area contributed by atoms with Crippen molar-refractivity contribution in [2.24, 2.45) is 0 Å². The van der Waals surface area contributed by atoms with Gasteiger partial charge in [0, 0.05) is 5.56 Å². The van der Waals surface area contributed by atoms with Crippen molar-refractivity contribution in [2.75, 3.05) is 7.11 Å². The second-order valence-electron chi connectivity index (χ2n) is 5.03. The van der Waals surface area contributed by atoms with Gasteiger partial charge < -0.3 is 4.74 Å². The van der Waals surface area contributed by atoms with E-state index in [4.69, 9.17) is 4.74 Å². The monoisotopic (exact) mass is 276 g/mol. The van der Waals surface area contributed by atoms with Crippen LogP contribution in [0, 0.1) is 0 Å². The van der Waals surface area contributed by atoms with Gasteiger partial charge in [0.2, 0.25) is 5.78 Å². The van der Waals surface area contributed by atoms with E-state index in [1.165, 1.54) is 5.57 Å². The lowest BCUT2D eigenvalue weighted by Gasteiger charge is -2.06. The van der Waals surface area contributed by atoms with Crippen molar-refractivity contribution in [2.45, 2.75) is 12.8 Å². The van der Waals surface area contributed by atoms with Crippen LogP contribution in [0.15, 0.2) is 65.9 Å². The molecule has 0 amide bonds. The second kappa shape index (κ2) is 5.82. The van der Waals surface area contributed by atoms with E-state index in [9.17, 15) is 4.79 Å². The molecule has 104 valence electrons. The predicted octanol–water partition coefficient (Wildman–Crippen LogP) is 4.28. The summed E-state index contributed by atoms with van der Waals surface area (Å²) in [6, 6.07) is 16.9. The zero-order chi connectivity index (χ0) is 14.7. The normalized spacial score (nSPS) is 12.5. The lowest BCUT2D eigenvalue weighted by Crippen LogP contribution is -2.02. The van der Waals surface area contributed by atoms with Crippen LogP contribution < -0.4 is 4.74 Å². The zero-order valence-electron chi connectivity index (χ0n) is 11.9. The summed E-state index contributed by atoms with van der Waals surface area (Å²) in [6.07, 6.45) is 2.09. The summed E-state index contributed by atoms with van der Waals surface area (Å²) in [5.74, 6) is 0.796. The van der Waals surface area contributed by atoms with E-state index in [-0.39, 0.29) is 5.78 Å². The first-order chi connectivity index (χ1) is 10.3. The SMILES string of the molecule is COc1ccc(C(=C=C2CC2)C(=O)c2ccccc2)cc1. The highest BCUT2D eigenvalue weighted by Crippen LogP contribution is 2.30. The summed E-state index contributed by atoms with van der Waals surface area (Å²) in [5.41, 5.74) is 6.70. The van der Waals surface area contributed by atoms with Crippen LogP contribution in [0.5, 0.6) is 5.75 Å². The van der Waals surface area contributed by atoms with Gasteiger partial charge in [0.25, 0.3) is 0 Å². The van der Waals surface area contributed by atoms with E-state index < -0.39 is 0 Å². The third kappa shape index (κ3) is 3.13. The number of Topliss-reactive ketones (excluding diaryl/α,β-unsaturated/α-hetero) is 1. The molecule has 3 rings (SSSR count). The van der Waals surface area contributed by atoms with Crippen LogP contribution >= 0.6 is 0 Å². The molecule has 0 N–H and O–H groups in total. The van der Waals surface area contributed by atoms with Crippen LogP contribution in [-0.4, -0.2) is 12.9 Å². The molecule has 0 heterocycles. The molecule has 0 aliphatic heterocycles. The molecule has 0 bridgehead atoms. The summed E-state index contributed by atoms with van der Waals surface area (Å²) >= 11 is 0. The molecule has 0 saturated heterocycles. The molecule has 2 aromatic carbocycles. The van der Waals surface area contributed by atoms with Crippen LogP contribution in [-0.2, 0) is 0 Å². The largest absolute Gasteiger partial charge is 0.497 e. The Morgan fingerprint density at radius 3 is 2.19 bits per heavy atom. The van der Waals surface area contributed by atoms with E-state index in [1.54, 1.807) is 7.11 Å².